The first-order valence-electron chi connectivity index (χ1n) is 13.3. The number of amides is 1. The number of ether oxygens (including phenoxy) is 2. The number of fused-ring (bicyclic) bond motifs is 5. The highest BCUT2D eigenvalue weighted by Gasteiger charge is 2.40. The minimum Gasteiger partial charge on any atom is -0.448 e. The fourth-order valence-electron chi connectivity index (χ4n) is 6.27. The molecule has 0 N–H and O–H groups in total. The van der Waals surface area contributed by atoms with Gasteiger partial charge >= 0.3 is 6.09 Å². The zero-order valence-electron chi connectivity index (χ0n) is 21.1. The van der Waals surface area contributed by atoms with Gasteiger partial charge in [0.2, 0.25) is 0 Å². The van der Waals surface area contributed by atoms with Crippen LogP contribution in [0.5, 0.6) is 0 Å². The van der Waals surface area contributed by atoms with Crippen molar-refractivity contribution in [1.82, 2.24) is 4.90 Å². The highest BCUT2D eigenvalue weighted by molar-refractivity contribution is 5.79. The van der Waals surface area contributed by atoms with Gasteiger partial charge in [-0.05, 0) is 50.9 Å². The summed E-state index contributed by atoms with van der Waals surface area (Å²) in [5.41, 5.74) is 9.81. The van der Waals surface area contributed by atoms with Crippen molar-refractivity contribution in [3.05, 3.63) is 126 Å². The van der Waals surface area contributed by atoms with E-state index in [0.717, 1.165) is 6.42 Å². The van der Waals surface area contributed by atoms with Crippen LogP contribution in [0.2, 0.25) is 0 Å². The maximum absolute atomic E-state index is 13.5. The zero-order valence-corrected chi connectivity index (χ0v) is 21.1. The number of rotatable bonds is 4. The molecule has 1 fully saturated rings. The van der Waals surface area contributed by atoms with Gasteiger partial charge in [-0.25, -0.2) is 4.79 Å². The summed E-state index contributed by atoms with van der Waals surface area (Å²) in [6.45, 7) is 1.35. The summed E-state index contributed by atoms with van der Waals surface area (Å²) in [5.74, 6) is 0.0569. The van der Waals surface area contributed by atoms with Gasteiger partial charge in [0.15, 0.2) is 0 Å². The number of hydrogen-bond donors (Lipinski definition) is 0. The SMILES string of the molecule is O=C(OCC1c2ccccc2-c2ccccc21)N1C2C=C(c3ccc(-c4ccccc4)cc3)CC1COC2. The van der Waals surface area contributed by atoms with Gasteiger partial charge in [-0.3, -0.25) is 4.90 Å². The summed E-state index contributed by atoms with van der Waals surface area (Å²) in [6, 6.07) is 35.9. The summed E-state index contributed by atoms with van der Waals surface area (Å²) in [7, 11) is 0. The van der Waals surface area contributed by atoms with E-state index in [1.807, 2.05) is 11.0 Å². The van der Waals surface area contributed by atoms with Gasteiger partial charge in [-0.1, -0.05) is 109 Å². The molecule has 7 rings (SSSR count). The number of nitrogens with zero attached hydrogens (tertiary/aromatic N) is 1. The molecule has 188 valence electrons. The largest absolute Gasteiger partial charge is 0.448 e. The Kier molecular flexibility index (Phi) is 5.82. The van der Waals surface area contributed by atoms with E-state index >= 15 is 0 Å². The second-order valence-corrected chi connectivity index (χ2v) is 10.3. The van der Waals surface area contributed by atoms with Crippen LogP contribution < -0.4 is 0 Å². The quantitative estimate of drug-likeness (QED) is 0.299. The molecule has 0 spiro atoms. The van der Waals surface area contributed by atoms with E-state index in [9.17, 15) is 4.79 Å². The summed E-state index contributed by atoms with van der Waals surface area (Å²) >= 11 is 0. The molecule has 4 aromatic carbocycles. The Bertz CT molecular complexity index is 1460. The third-order valence-corrected chi connectivity index (χ3v) is 8.11. The lowest BCUT2D eigenvalue weighted by molar-refractivity contribution is -0.0331. The normalized spacial score (nSPS) is 19.9. The molecule has 1 amide bonds. The standard InChI is InChI=1S/C34H29NO3/c36-34(38-22-33-31-12-6-4-10-29(31)30-11-5-7-13-32(30)33)35-27-18-26(19-28(35)21-37-20-27)25-16-14-24(15-17-25)23-8-2-1-3-9-23/h1-18,27-28,33H,19-22H2. The molecular formula is C34H29NO3. The Hall–Kier alpha value is -4.15. The molecule has 2 atom stereocenters. The minimum atomic E-state index is -0.250. The van der Waals surface area contributed by atoms with Crippen molar-refractivity contribution < 1.29 is 14.3 Å². The number of benzene rings is 4. The van der Waals surface area contributed by atoms with Gasteiger partial charge in [-0.15, -0.1) is 0 Å². The molecule has 2 unspecified atom stereocenters. The molecular weight excluding hydrogens is 470 g/mol. The van der Waals surface area contributed by atoms with Crippen molar-refractivity contribution in [1.29, 1.82) is 0 Å². The van der Waals surface area contributed by atoms with E-state index < -0.39 is 0 Å². The third-order valence-electron chi connectivity index (χ3n) is 8.11. The summed E-state index contributed by atoms with van der Waals surface area (Å²) < 4.78 is 11.9. The van der Waals surface area contributed by atoms with Gasteiger partial charge in [-0.2, -0.15) is 0 Å². The fraction of sp³-hybridized carbons (Fsp3) is 0.206. The molecule has 0 aromatic heterocycles. The van der Waals surface area contributed by atoms with Crippen LogP contribution in [0, 0.1) is 0 Å². The maximum atomic E-state index is 13.5. The van der Waals surface area contributed by atoms with Crippen molar-refractivity contribution in [3.63, 3.8) is 0 Å². The molecule has 2 heterocycles. The van der Waals surface area contributed by atoms with Crippen LogP contribution in [0.15, 0.2) is 109 Å². The van der Waals surface area contributed by atoms with Crippen LogP contribution in [0.25, 0.3) is 27.8 Å². The Labute approximate surface area is 223 Å². The Morgan fingerprint density at radius 1 is 0.737 bits per heavy atom. The molecule has 0 radical (unpaired) electrons. The average molecular weight is 500 g/mol. The van der Waals surface area contributed by atoms with E-state index in [-0.39, 0.29) is 24.1 Å². The maximum Gasteiger partial charge on any atom is 0.410 e. The van der Waals surface area contributed by atoms with E-state index in [1.165, 1.54) is 44.5 Å². The topological polar surface area (TPSA) is 38.8 Å². The van der Waals surface area contributed by atoms with Crippen molar-refractivity contribution >= 4 is 11.7 Å². The van der Waals surface area contributed by atoms with Crippen molar-refractivity contribution in [2.75, 3.05) is 19.8 Å². The number of carbonyl (C=O) groups excluding carboxylic acids is 1. The fourth-order valence-corrected chi connectivity index (χ4v) is 6.27. The van der Waals surface area contributed by atoms with Crippen molar-refractivity contribution in [2.45, 2.75) is 24.4 Å². The van der Waals surface area contributed by atoms with Gasteiger partial charge in [0.1, 0.15) is 6.61 Å². The lowest BCUT2D eigenvalue weighted by Crippen LogP contribution is -2.56. The van der Waals surface area contributed by atoms with Crippen LogP contribution in [0.3, 0.4) is 0 Å². The van der Waals surface area contributed by atoms with E-state index in [4.69, 9.17) is 9.47 Å². The summed E-state index contributed by atoms with van der Waals surface area (Å²) in [6.07, 6.45) is 2.69. The molecule has 1 aliphatic carbocycles. The molecule has 4 aromatic rings. The monoisotopic (exact) mass is 499 g/mol. The Morgan fingerprint density at radius 2 is 1.34 bits per heavy atom. The van der Waals surface area contributed by atoms with Gasteiger partial charge in [0.25, 0.3) is 0 Å². The lowest BCUT2D eigenvalue weighted by Gasteiger charge is -2.44. The smallest absolute Gasteiger partial charge is 0.410 e. The van der Waals surface area contributed by atoms with Gasteiger partial charge in [0.05, 0.1) is 25.3 Å². The molecule has 0 saturated carbocycles. The van der Waals surface area contributed by atoms with Gasteiger partial charge < -0.3 is 9.47 Å². The molecule has 4 heteroatoms. The van der Waals surface area contributed by atoms with E-state index in [1.54, 1.807) is 0 Å². The van der Waals surface area contributed by atoms with Crippen LogP contribution >= 0.6 is 0 Å². The first kappa shape index (κ1) is 23.0. The van der Waals surface area contributed by atoms with Crippen LogP contribution in [-0.2, 0) is 9.47 Å². The van der Waals surface area contributed by atoms with Crippen molar-refractivity contribution in [3.8, 4) is 22.3 Å². The Balaban J connectivity index is 1.09. The molecule has 1 saturated heterocycles. The zero-order chi connectivity index (χ0) is 25.5. The summed E-state index contributed by atoms with van der Waals surface area (Å²) in [4.78, 5) is 15.4. The number of carbonyl (C=O) groups is 1. The summed E-state index contributed by atoms with van der Waals surface area (Å²) in [5, 5.41) is 0. The third kappa shape index (κ3) is 4.02. The van der Waals surface area contributed by atoms with E-state index in [2.05, 4.69) is 103 Å². The predicted molar refractivity (Wildman–Crippen MR) is 150 cm³/mol. The molecule has 2 aliphatic heterocycles. The number of morpholine rings is 1. The van der Waals surface area contributed by atoms with E-state index in [0.29, 0.717) is 19.8 Å². The first-order chi connectivity index (χ1) is 18.8. The molecule has 3 aliphatic rings. The molecule has 4 nitrogen and oxygen atoms in total. The minimum absolute atomic E-state index is 0.0294. The van der Waals surface area contributed by atoms with Crippen molar-refractivity contribution in [2.24, 2.45) is 0 Å². The Morgan fingerprint density at radius 3 is 2.03 bits per heavy atom. The molecule has 2 bridgehead atoms. The average Bonchev–Trinajstić information content (AvgIpc) is 3.29. The second kappa shape index (κ2) is 9.62. The second-order valence-electron chi connectivity index (χ2n) is 10.3. The molecule has 38 heavy (non-hydrogen) atoms. The number of hydrogen-bond acceptors (Lipinski definition) is 3. The van der Waals surface area contributed by atoms with Crippen LogP contribution in [0.1, 0.15) is 29.0 Å². The highest BCUT2D eigenvalue weighted by atomic mass is 16.6. The van der Waals surface area contributed by atoms with Crippen LogP contribution in [-0.4, -0.2) is 42.9 Å². The lowest BCUT2D eigenvalue weighted by atomic mass is 9.89. The first-order valence-corrected chi connectivity index (χ1v) is 13.3. The predicted octanol–water partition coefficient (Wildman–Crippen LogP) is 7.16. The van der Waals surface area contributed by atoms with Gasteiger partial charge in [0, 0.05) is 5.92 Å². The highest BCUT2D eigenvalue weighted by Crippen LogP contribution is 2.44. The van der Waals surface area contributed by atoms with Crippen LogP contribution in [0.4, 0.5) is 4.79 Å².